The summed E-state index contributed by atoms with van der Waals surface area (Å²) in [5.41, 5.74) is 0. The zero-order valence-electron chi connectivity index (χ0n) is 3.32. The van der Waals surface area contributed by atoms with Gasteiger partial charge in [0.25, 0.3) is 0 Å². The predicted molar refractivity (Wildman–Crippen MR) is 22.9 cm³/mol. The maximum absolute atomic E-state index is 11.6. The molecular formula is C5H5F. The Bertz CT molecular complexity index is 103. The lowest BCUT2D eigenvalue weighted by Crippen LogP contribution is -1.61. The van der Waals surface area contributed by atoms with Gasteiger partial charge in [-0.2, -0.15) is 0 Å². The minimum Gasteiger partial charge on any atom is -0.211 e. The van der Waals surface area contributed by atoms with E-state index in [1.165, 1.54) is 6.08 Å². The van der Waals surface area contributed by atoms with Gasteiger partial charge in [-0.05, 0) is 6.08 Å². The van der Waals surface area contributed by atoms with Crippen LogP contribution in [0.2, 0.25) is 0 Å². The van der Waals surface area contributed by atoms with E-state index in [2.05, 4.69) is 6.58 Å². The highest BCUT2D eigenvalue weighted by molar-refractivity contribution is 5.27. The summed E-state index contributed by atoms with van der Waals surface area (Å²) in [7, 11) is 0. The second-order valence-electron chi connectivity index (χ2n) is 1.31. The predicted octanol–water partition coefficient (Wildman–Crippen LogP) is 1.66. The van der Waals surface area contributed by atoms with Crippen LogP contribution in [0, 0.1) is 5.92 Å². The summed E-state index contributed by atoms with van der Waals surface area (Å²) in [5.74, 6) is -0.0463. The molecule has 1 aliphatic rings. The maximum atomic E-state index is 11.6. The lowest BCUT2D eigenvalue weighted by molar-refractivity contribution is 0.646. The highest BCUT2D eigenvalue weighted by atomic mass is 19.1. The first-order valence-electron chi connectivity index (χ1n) is 1.84. The molecule has 1 heteroatoms. The lowest BCUT2D eigenvalue weighted by atomic mass is 10.4. The van der Waals surface area contributed by atoms with Crippen LogP contribution in [0.25, 0.3) is 0 Å². The Labute approximate surface area is 36.0 Å². The number of hydrogen-bond acceptors (Lipinski definition) is 0. The van der Waals surface area contributed by atoms with E-state index in [0.29, 0.717) is 0 Å². The molecule has 0 saturated heterocycles. The van der Waals surface area contributed by atoms with Gasteiger partial charge in [0.2, 0.25) is 0 Å². The molecule has 0 aromatic carbocycles. The molecule has 0 aliphatic heterocycles. The third-order valence-electron chi connectivity index (χ3n) is 0.802. The molecule has 1 aliphatic carbocycles. The molecule has 0 nitrogen and oxygen atoms in total. The number of allylic oxidation sites excluding steroid dienone is 3. The molecule has 0 N–H and O–H groups in total. The van der Waals surface area contributed by atoms with Crippen LogP contribution >= 0.6 is 0 Å². The fourth-order valence-electron chi connectivity index (χ4n) is 0.304. The van der Waals surface area contributed by atoms with Gasteiger partial charge in [0.15, 0.2) is 0 Å². The first-order chi connectivity index (χ1) is 2.84. The Balaban J connectivity index is 2.35. The van der Waals surface area contributed by atoms with Gasteiger partial charge >= 0.3 is 0 Å². The Morgan fingerprint density at radius 2 is 2.50 bits per heavy atom. The summed E-state index contributed by atoms with van der Waals surface area (Å²) in [6.07, 6.45) is 3.10. The summed E-state index contributed by atoms with van der Waals surface area (Å²) in [6, 6.07) is 0. The average Bonchev–Trinajstić information content (AvgIpc) is 2.19. The standard InChI is InChI=1S/C5H5F/c1-2-4-3-5(4)6/h2-4H,1H2. The second kappa shape index (κ2) is 0.934. The fourth-order valence-corrected chi connectivity index (χ4v) is 0.304. The maximum Gasteiger partial charge on any atom is 0.108 e. The van der Waals surface area contributed by atoms with Crippen LogP contribution in [0.4, 0.5) is 4.39 Å². The molecule has 0 amide bonds. The Kier molecular flexibility index (Phi) is 0.560. The molecule has 0 spiro atoms. The van der Waals surface area contributed by atoms with Crippen molar-refractivity contribution < 1.29 is 4.39 Å². The molecule has 0 heterocycles. The molecule has 1 atom stereocenters. The first kappa shape index (κ1) is 3.59. The van der Waals surface area contributed by atoms with E-state index >= 15 is 0 Å². The van der Waals surface area contributed by atoms with E-state index in [1.807, 2.05) is 0 Å². The van der Waals surface area contributed by atoms with Gasteiger partial charge < -0.3 is 0 Å². The van der Waals surface area contributed by atoms with Crippen LogP contribution in [0.1, 0.15) is 0 Å². The van der Waals surface area contributed by atoms with Crippen LogP contribution in [-0.4, -0.2) is 0 Å². The van der Waals surface area contributed by atoms with Crippen molar-refractivity contribution in [2.45, 2.75) is 0 Å². The van der Waals surface area contributed by atoms with Gasteiger partial charge in [0.05, 0.1) is 0 Å². The summed E-state index contributed by atoms with van der Waals surface area (Å²) in [4.78, 5) is 0. The van der Waals surface area contributed by atoms with Crippen molar-refractivity contribution in [1.82, 2.24) is 0 Å². The third kappa shape index (κ3) is 0.361. The molecule has 1 unspecified atom stereocenters. The van der Waals surface area contributed by atoms with E-state index in [1.54, 1.807) is 6.08 Å². The minimum atomic E-state index is -0.0370. The van der Waals surface area contributed by atoms with E-state index in [-0.39, 0.29) is 11.7 Å². The van der Waals surface area contributed by atoms with Crippen LogP contribution in [0.5, 0.6) is 0 Å². The fraction of sp³-hybridized carbons (Fsp3) is 0.200. The monoisotopic (exact) mass is 84.0 g/mol. The van der Waals surface area contributed by atoms with Crippen LogP contribution < -0.4 is 0 Å². The zero-order chi connectivity index (χ0) is 4.57. The van der Waals surface area contributed by atoms with Crippen molar-refractivity contribution in [2.75, 3.05) is 0 Å². The normalized spacial score (nSPS) is 28.8. The van der Waals surface area contributed by atoms with Crippen molar-refractivity contribution in [2.24, 2.45) is 5.92 Å². The Morgan fingerprint density at radius 3 is 2.50 bits per heavy atom. The van der Waals surface area contributed by atoms with Crippen LogP contribution in [0.15, 0.2) is 24.6 Å². The van der Waals surface area contributed by atoms with Gasteiger partial charge in [-0.25, -0.2) is 4.39 Å². The third-order valence-corrected chi connectivity index (χ3v) is 0.802. The minimum absolute atomic E-state index is 0.00926. The van der Waals surface area contributed by atoms with Crippen LogP contribution in [0.3, 0.4) is 0 Å². The smallest absolute Gasteiger partial charge is 0.108 e. The molecular weight excluding hydrogens is 79.1 g/mol. The number of rotatable bonds is 1. The molecule has 0 saturated carbocycles. The molecule has 0 aromatic heterocycles. The molecule has 0 aromatic rings. The largest absolute Gasteiger partial charge is 0.211 e. The van der Waals surface area contributed by atoms with Crippen molar-refractivity contribution >= 4 is 0 Å². The van der Waals surface area contributed by atoms with Gasteiger partial charge in [0, 0.05) is 5.92 Å². The summed E-state index contributed by atoms with van der Waals surface area (Å²) < 4.78 is 11.6. The average molecular weight is 84.1 g/mol. The number of halogens is 1. The van der Waals surface area contributed by atoms with E-state index in [0.717, 1.165) is 0 Å². The summed E-state index contributed by atoms with van der Waals surface area (Å²) in [5, 5.41) is 0. The van der Waals surface area contributed by atoms with Gasteiger partial charge in [0.1, 0.15) is 5.83 Å². The molecule has 0 radical (unpaired) electrons. The highest BCUT2D eigenvalue weighted by Gasteiger charge is 2.19. The molecule has 6 heavy (non-hydrogen) atoms. The van der Waals surface area contributed by atoms with Gasteiger partial charge in [-0.3, -0.25) is 0 Å². The van der Waals surface area contributed by atoms with E-state index in [9.17, 15) is 4.39 Å². The van der Waals surface area contributed by atoms with E-state index < -0.39 is 0 Å². The van der Waals surface area contributed by atoms with Gasteiger partial charge in [-0.1, -0.05) is 6.08 Å². The SMILES string of the molecule is C=CC1C=C1F. The van der Waals surface area contributed by atoms with Crippen molar-refractivity contribution in [3.8, 4) is 0 Å². The summed E-state index contributed by atoms with van der Waals surface area (Å²) in [6.45, 7) is 3.38. The topological polar surface area (TPSA) is 0 Å². The molecule has 1 rings (SSSR count). The summed E-state index contributed by atoms with van der Waals surface area (Å²) >= 11 is 0. The van der Waals surface area contributed by atoms with Gasteiger partial charge in [-0.15, -0.1) is 6.58 Å². The highest BCUT2D eigenvalue weighted by Crippen LogP contribution is 2.29. The molecule has 0 bridgehead atoms. The van der Waals surface area contributed by atoms with Crippen molar-refractivity contribution in [3.63, 3.8) is 0 Å². The Morgan fingerprint density at radius 1 is 2.00 bits per heavy atom. The van der Waals surface area contributed by atoms with Crippen molar-refractivity contribution in [3.05, 3.63) is 24.6 Å². The quantitative estimate of drug-likeness (QED) is 0.424. The molecule has 0 fully saturated rings. The van der Waals surface area contributed by atoms with Crippen molar-refractivity contribution in [1.29, 1.82) is 0 Å². The zero-order valence-corrected chi connectivity index (χ0v) is 3.32. The first-order valence-corrected chi connectivity index (χ1v) is 1.84. The molecule has 32 valence electrons. The van der Waals surface area contributed by atoms with Crippen LogP contribution in [-0.2, 0) is 0 Å². The second-order valence-corrected chi connectivity index (χ2v) is 1.31. The van der Waals surface area contributed by atoms with E-state index in [4.69, 9.17) is 0 Å². The lowest BCUT2D eigenvalue weighted by Gasteiger charge is -1.70. The Hall–Kier alpha value is -0.590. The number of hydrogen-bond donors (Lipinski definition) is 0.